The summed E-state index contributed by atoms with van der Waals surface area (Å²) in [6, 6.07) is -4.62. The van der Waals surface area contributed by atoms with Crippen molar-refractivity contribution >= 4 is 41.7 Å². The van der Waals surface area contributed by atoms with E-state index in [1.807, 2.05) is 0 Å². The normalized spacial score (nSPS) is 13.2. The molecular weight excluding hydrogens is 596 g/mol. The van der Waals surface area contributed by atoms with Crippen molar-refractivity contribution in [3.05, 3.63) is 0 Å². The number of hydrogen-bond donors (Lipinski definition) is 14. The van der Waals surface area contributed by atoms with E-state index < -0.39 is 78.0 Å². The highest BCUT2D eigenvalue weighted by Crippen LogP contribution is 1.97. The quantitative estimate of drug-likeness (QED) is 0.0842. The van der Waals surface area contributed by atoms with Gasteiger partial charge in [-0.15, -0.1) is 0 Å². The lowest BCUT2D eigenvalue weighted by atomic mass is 10.1. The first-order valence-corrected chi connectivity index (χ1v) is 12.7. The number of hydrogen-bond acceptors (Lipinski definition) is 14. The molecule has 21 nitrogen and oxygen atoms in total. The van der Waals surface area contributed by atoms with E-state index in [0.29, 0.717) is 13.0 Å². The van der Waals surface area contributed by atoms with Crippen LogP contribution in [0.25, 0.3) is 0 Å². The number of carbonyl (C=O) groups is 7. The Hall–Kier alpha value is -3.99. The molecule has 262 valence electrons. The van der Waals surface area contributed by atoms with E-state index in [1.54, 1.807) is 0 Å². The molecule has 0 bridgehead atoms. The van der Waals surface area contributed by atoms with Gasteiger partial charge in [0.05, 0.1) is 0 Å². The first-order chi connectivity index (χ1) is 19.8. The fraction of sp³-hybridized carbons (Fsp3) is 0.696. The van der Waals surface area contributed by atoms with Crippen molar-refractivity contribution in [2.45, 2.75) is 96.1 Å². The summed E-state index contributed by atoms with van der Waals surface area (Å²) in [7, 11) is 0. The highest BCUT2D eigenvalue weighted by molar-refractivity contribution is 5.77. The van der Waals surface area contributed by atoms with E-state index in [9.17, 15) is 33.6 Å². The van der Waals surface area contributed by atoms with Crippen LogP contribution in [0.15, 0.2) is 0 Å². The molecular formula is C23H52N8O13. The van der Waals surface area contributed by atoms with Crippen LogP contribution in [0, 0.1) is 0 Å². The first-order valence-electron chi connectivity index (χ1n) is 12.7. The van der Waals surface area contributed by atoms with E-state index in [0.717, 1.165) is 12.8 Å². The topological polar surface area (TPSA) is 449 Å². The molecule has 0 saturated carbocycles. The monoisotopic (exact) mass is 648 g/mol. The number of rotatable bonds is 13. The van der Waals surface area contributed by atoms with Gasteiger partial charge in [-0.05, 0) is 53.5 Å². The number of carbonyl (C=O) groups excluding carboxylic acids is 1. The molecule has 0 heterocycles. The molecule has 0 aromatic heterocycles. The summed E-state index contributed by atoms with van der Waals surface area (Å²) < 4.78 is 0. The van der Waals surface area contributed by atoms with Gasteiger partial charge in [-0.3, -0.25) is 33.6 Å². The van der Waals surface area contributed by atoms with Crippen molar-refractivity contribution in [3.8, 4) is 0 Å². The second-order valence-corrected chi connectivity index (χ2v) is 8.69. The van der Waals surface area contributed by atoms with Crippen LogP contribution in [0.2, 0.25) is 0 Å². The molecule has 0 aromatic carbocycles. The minimum Gasteiger partial charge on any atom is -0.480 e. The third-order valence-electron chi connectivity index (χ3n) is 3.86. The van der Waals surface area contributed by atoms with Crippen LogP contribution in [0.1, 0.15) is 59.8 Å². The molecule has 1 amide bonds. The summed E-state index contributed by atoms with van der Waals surface area (Å²) >= 11 is 0. The van der Waals surface area contributed by atoms with Crippen LogP contribution in [-0.4, -0.2) is 115 Å². The Morgan fingerprint density at radius 1 is 0.477 bits per heavy atom. The minimum atomic E-state index is -1.11. The molecule has 0 radical (unpaired) electrons. The molecule has 21 heteroatoms. The lowest BCUT2D eigenvalue weighted by molar-refractivity contribution is -0.139. The first kappa shape index (κ1) is 52.6. The zero-order chi connectivity index (χ0) is 36.7. The molecule has 0 rings (SSSR count). The Labute approximate surface area is 254 Å². The molecule has 0 aliphatic carbocycles. The predicted octanol–water partition coefficient (Wildman–Crippen LogP) is -4.14. The van der Waals surface area contributed by atoms with Crippen LogP contribution in [-0.2, 0) is 33.6 Å². The Balaban J connectivity index is -0.000000100. The van der Waals surface area contributed by atoms with E-state index in [2.05, 4.69) is 0 Å². The Morgan fingerprint density at radius 2 is 0.705 bits per heavy atom. The highest BCUT2D eigenvalue weighted by atomic mass is 16.4. The molecule has 0 saturated heterocycles. The molecule has 0 fully saturated rings. The van der Waals surface area contributed by atoms with Crippen molar-refractivity contribution < 1.29 is 64.2 Å². The zero-order valence-corrected chi connectivity index (χ0v) is 25.4. The van der Waals surface area contributed by atoms with Gasteiger partial charge in [-0.1, -0.05) is 6.42 Å². The maximum Gasteiger partial charge on any atom is 0.320 e. The zero-order valence-electron chi connectivity index (χ0n) is 25.4. The molecule has 6 atom stereocenters. The van der Waals surface area contributed by atoms with Crippen LogP contribution >= 0.6 is 0 Å². The van der Waals surface area contributed by atoms with Gasteiger partial charge in [0.1, 0.15) is 36.3 Å². The van der Waals surface area contributed by atoms with Gasteiger partial charge in [-0.2, -0.15) is 0 Å². The van der Waals surface area contributed by atoms with E-state index in [4.69, 9.17) is 76.5 Å². The van der Waals surface area contributed by atoms with Gasteiger partial charge in [-0.25, -0.2) is 0 Å². The lowest BCUT2D eigenvalue weighted by Crippen LogP contribution is -2.31. The van der Waals surface area contributed by atoms with Crippen LogP contribution in [0.5, 0.6) is 0 Å². The molecule has 0 spiro atoms. The standard InChI is InChI=1S/C6H14N2O2.C5H10N2O3.4C3H7NO2/c7-4-2-1-3-5(8)6(9)10;6-3(5(9)10)1-2-4(7)8;4*1-2(4)3(5)6/h5H,1-4,7-8H2,(H,9,10);3H,1-2,6H2,(H2,7,8)(H,9,10);4*2H,4H2,1H3,(H,5,6)/t5-;3-;4*2-/m000000/s1. The number of carboxylic acid groups (broad SMARTS) is 6. The molecule has 44 heavy (non-hydrogen) atoms. The number of unbranched alkanes of at least 4 members (excludes halogenated alkanes) is 1. The molecule has 0 unspecified atom stereocenters. The van der Waals surface area contributed by atoms with Gasteiger partial charge >= 0.3 is 35.8 Å². The predicted molar refractivity (Wildman–Crippen MR) is 158 cm³/mol. The smallest absolute Gasteiger partial charge is 0.320 e. The summed E-state index contributed by atoms with van der Waals surface area (Å²) in [6.07, 6.45) is 2.29. The van der Waals surface area contributed by atoms with Gasteiger partial charge in [0, 0.05) is 6.42 Å². The fourth-order valence-electron chi connectivity index (χ4n) is 1.05. The number of nitrogens with two attached hydrogens (primary N) is 8. The van der Waals surface area contributed by atoms with Crippen LogP contribution < -0.4 is 45.9 Å². The number of amides is 1. The Bertz CT molecular complexity index is 754. The average Bonchev–Trinajstić information content (AvgIpc) is 2.88. The number of carboxylic acids is 6. The fourth-order valence-corrected chi connectivity index (χ4v) is 1.05. The van der Waals surface area contributed by atoms with Gasteiger partial charge < -0.3 is 76.5 Å². The van der Waals surface area contributed by atoms with Crippen molar-refractivity contribution in [3.63, 3.8) is 0 Å². The van der Waals surface area contributed by atoms with Gasteiger partial charge in [0.15, 0.2) is 0 Å². The van der Waals surface area contributed by atoms with Gasteiger partial charge in [0.2, 0.25) is 5.91 Å². The maximum absolute atomic E-state index is 10.1. The summed E-state index contributed by atoms with van der Waals surface area (Å²) in [4.78, 5) is 68.6. The number of aliphatic carboxylic acids is 6. The molecule has 22 N–H and O–H groups in total. The molecule has 0 aliphatic rings. The summed E-state index contributed by atoms with van der Waals surface area (Å²) in [5.41, 5.74) is 39.6. The second-order valence-electron chi connectivity index (χ2n) is 8.69. The molecule has 0 aliphatic heterocycles. The molecule has 0 aromatic rings. The SMILES string of the molecule is C[C@H](N)C(=O)O.C[C@H](N)C(=O)O.C[C@H](N)C(=O)O.C[C@H](N)C(=O)O.NC(=O)CC[C@H](N)C(=O)O.NCCCC[C@H](N)C(=O)O. The average molecular weight is 649 g/mol. The minimum absolute atomic E-state index is 0.0213. The van der Waals surface area contributed by atoms with Crippen molar-refractivity contribution in [2.24, 2.45) is 45.9 Å². The van der Waals surface area contributed by atoms with E-state index in [-0.39, 0.29) is 12.8 Å². The van der Waals surface area contributed by atoms with E-state index in [1.165, 1.54) is 27.7 Å². The van der Waals surface area contributed by atoms with Gasteiger partial charge in [0.25, 0.3) is 0 Å². The van der Waals surface area contributed by atoms with Crippen molar-refractivity contribution in [1.29, 1.82) is 0 Å². The Kier molecular flexibility index (Phi) is 40.1. The third-order valence-corrected chi connectivity index (χ3v) is 3.86. The highest BCUT2D eigenvalue weighted by Gasteiger charge is 2.11. The van der Waals surface area contributed by atoms with E-state index >= 15 is 0 Å². The summed E-state index contributed by atoms with van der Waals surface area (Å²) in [5.74, 6) is -6.43. The largest absolute Gasteiger partial charge is 0.480 e. The maximum atomic E-state index is 10.1. The van der Waals surface area contributed by atoms with Crippen LogP contribution in [0.4, 0.5) is 0 Å². The van der Waals surface area contributed by atoms with Crippen molar-refractivity contribution in [2.75, 3.05) is 6.54 Å². The Morgan fingerprint density at radius 3 is 0.864 bits per heavy atom. The van der Waals surface area contributed by atoms with Crippen LogP contribution in [0.3, 0.4) is 0 Å². The summed E-state index contributed by atoms with van der Waals surface area (Å²) in [5, 5.41) is 48.0. The number of primary amides is 1. The van der Waals surface area contributed by atoms with Crippen molar-refractivity contribution in [1.82, 2.24) is 0 Å². The lowest BCUT2D eigenvalue weighted by Gasteiger charge is -2.03. The second kappa shape index (κ2) is 33.5. The third kappa shape index (κ3) is 57.8. The summed E-state index contributed by atoms with van der Waals surface area (Å²) in [6.45, 7) is 6.28.